The quantitative estimate of drug-likeness (QED) is 0.719. The molecule has 1 N–H and O–H groups in total. The Morgan fingerprint density at radius 3 is 1.94 bits per heavy atom. The monoisotopic (exact) mass is 228 g/mol. The summed E-state index contributed by atoms with van der Waals surface area (Å²) in [5, 5.41) is 3.62. The lowest BCUT2D eigenvalue weighted by Crippen LogP contribution is -2.50. The molecule has 2 heteroatoms. The molecule has 0 amide bonds. The van der Waals surface area contributed by atoms with Crippen LogP contribution in [0.5, 0.6) is 0 Å². The van der Waals surface area contributed by atoms with E-state index in [1.54, 1.807) is 0 Å². The predicted molar refractivity (Wildman–Crippen MR) is 74.0 cm³/mol. The first-order valence-corrected chi connectivity index (χ1v) is 6.86. The van der Waals surface area contributed by atoms with Crippen LogP contribution in [0.3, 0.4) is 0 Å². The normalized spacial score (nSPS) is 16.5. The zero-order chi connectivity index (χ0) is 12.8. The predicted octanol–water partition coefficient (Wildman–Crippen LogP) is 3.27. The fourth-order valence-corrected chi connectivity index (χ4v) is 2.08. The summed E-state index contributed by atoms with van der Waals surface area (Å²) in [5.41, 5.74) is 0.224. The fourth-order valence-electron chi connectivity index (χ4n) is 2.08. The largest absolute Gasteiger partial charge is 0.311 e. The highest BCUT2D eigenvalue weighted by Gasteiger charge is 2.21. The van der Waals surface area contributed by atoms with E-state index in [0.717, 1.165) is 13.1 Å². The third-order valence-electron chi connectivity index (χ3n) is 3.33. The molecular weight excluding hydrogens is 196 g/mol. The van der Waals surface area contributed by atoms with Gasteiger partial charge in [-0.05, 0) is 47.1 Å². The Hall–Kier alpha value is -0.0800. The molecule has 0 saturated carbocycles. The number of rotatable bonds is 7. The molecule has 2 nitrogen and oxygen atoms in total. The van der Waals surface area contributed by atoms with Crippen LogP contribution in [0.4, 0.5) is 0 Å². The van der Waals surface area contributed by atoms with Crippen molar-refractivity contribution in [1.29, 1.82) is 0 Å². The SMILES string of the molecule is CCC(C)N(CC)C(CC)CNC(C)(C)C. The van der Waals surface area contributed by atoms with Gasteiger partial charge in [-0.3, -0.25) is 4.90 Å². The molecule has 0 aliphatic rings. The number of nitrogens with one attached hydrogen (secondary N) is 1. The average molecular weight is 228 g/mol. The number of hydrogen-bond donors (Lipinski definition) is 1. The average Bonchev–Trinajstić information content (AvgIpc) is 2.21. The fraction of sp³-hybridized carbons (Fsp3) is 1.00. The van der Waals surface area contributed by atoms with Crippen molar-refractivity contribution in [2.24, 2.45) is 0 Å². The third-order valence-corrected chi connectivity index (χ3v) is 3.33. The van der Waals surface area contributed by atoms with Crippen molar-refractivity contribution in [1.82, 2.24) is 10.2 Å². The zero-order valence-electron chi connectivity index (χ0n) is 12.4. The molecule has 0 radical (unpaired) electrons. The second kappa shape index (κ2) is 7.29. The van der Waals surface area contributed by atoms with Crippen molar-refractivity contribution < 1.29 is 0 Å². The lowest BCUT2D eigenvalue weighted by atomic mass is 10.1. The Bertz CT molecular complexity index is 172. The van der Waals surface area contributed by atoms with Crippen molar-refractivity contribution >= 4 is 0 Å². The first-order chi connectivity index (χ1) is 7.35. The Balaban J connectivity index is 4.33. The number of likely N-dealkylation sites (N-methyl/N-ethyl adjacent to an activating group) is 1. The van der Waals surface area contributed by atoms with Gasteiger partial charge in [0.2, 0.25) is 0 Å². The van der Waals surface area contributed by atoms with Gasteiger partial charge in [-0.25, -0.2) is 0 Å². The Morgan fingerprint density at radius 1 is 1.06 bits per heavy atom. The summed E-state index contributed by atoms with van der Waals surface area (Å²) in [7, 11) is 0. The van der Waals surface area contributed by atoms with Crippen LogP contribution in [0.25, 0.3) is 0 Å². The second-order valence-electron chi connectivity index (χ2n) is 5.78. The molecule has 0 heterocycles. The molecule has 0 aliphatic heterocycles. The molecule has 0 aliphatic carbocycles. The molecule has 0 spiro atoms. The number of nitrogens with zero attached hydrogens (tertiary/aromatic N) is 1. The molecule has 0 fully saturated rings. The minimum absolute atomic E-state index is 0.224. The molecule has 0 rings (SSSR count). The topological polar surface area (TPSA) is 15.3 Å². The molecule has 2 atom stereocenters. The van der Waals surface area contributed by atoms with Gasteiger partial charge in [0.05, 0.1) is 0 Å². The molecule has 0 aromatic carbocycles. The highest BCUT2D eigenvalue weighted by atomic mass is 15.2. The second-order valence-corrected chi connectivity index (χ2v) is 5.78. The van der Waals surface area contributed by atoms with Crippen LogP contribution in [-0.4, -0.2) is 35.6 Å². The van der Waals surface area contributed by atoms with Crippen LogP contribution in [0.2, 0.25) is 0 Å². The van der Waals surface area contributed by atoms with E-state index in [1.807, 2.05) is 0 Å². The van der Waals surface area contributed by atoms with Gasteiger partial charge in [0, 0.05) is 24.2 Å². The van der Waals surface area contributed by atoms with Gasteiger partial charge in [-0.1, -0.05) is 20.8 Å². The van der Waals surface area contributed by atoms with Gasteiger partial charge in [0.25, 0.3) is 0 Å². The van der Waals surface area contributed by atoms with Gasteiger partial charge in [-0.15, -0.1) is 0 Å². The van der Waals surface area contributed by atoms with E-state index in [9.17, 15) is 0 Å². The van der Waals surface area contributed by atoms with Gasteiger partial charge in [0.1, 0.15) is 0 Å². The summed E-state index contributed by atoms with van der Waals surface area (Å²) in [5.74, 6) is 0. The summed E-state index contributed by atoms with van der Waals surface area (Å²) in [4.78, 5) is 2.62. The molecule has 16 heavy (non-hydrogen) atoms. The summed E-state index contributed by atoms with van der Waals surface area (Å²) in [6.07, 6.45) is 2.46. The Labute approximate surface area is 103 Å². The van der Waals surface area contributed by atoms with Crippen molar-refractivity contribution in [3.8, 4) is 0 Å². The third kappa shape index (κ3) is 5.86. The first kappa shape index (κ1) is 15.9. The standard InChI is InChI=1S/C14H32N2/c1-8-12(4)16(10-3)13(9-2)11-15-14(5,6)7/h12-13,15H,8-11H2,1-7H3. The van der Waals surface area contributed by atoms with E-state index < -0.39 is 0 Å². The van der Waals surface area contributed by atoms with E-state index in [-0.39, 0.29) is 5.54 Å². The minimum Gasteiger partial charge on any atom is -0.311 e. The molecule has 98 valence electrons. The highest BCUT2D eigenvalue weighted by Crippen LogP contribution is 2.12. The van der Waals surface area contributed by atoms with E-state index in [4.69, 9.17) is 0 Å². The highest BCUT2D eigenvalue weighted by molar-refractivity contribution is 4.80. The summed E-state index contributed by atoms with van der Waals surface area (Å²) in [6.45, 7) is 18.1. The summed E-state index contributed by atoms with van der Waals surface area (Å²) in [6, 6.07) is 1.36. The van der Waals surface area contributed by atoms with Gasteiger partial charge < -0.3 is 5.32 Å². The van der Waals surface area contributed by atoms with E-state index in [1.165, 1.54) is 12.8 Å². The zero-order valence-corrected chi connectivity index (χ0v) is 12.4. The Morgan fingerprint density at radius 2 is 1.62 bits per heavy atom. The van der Waals surface area contributed by atoms with Crippen LogP contribution >= 0.6 is 0 Å². The van der Waals surface area contributed by atoms with E-state index in [2.05, 4.69) is 58.7 Å². The van der Waals surface area contributed by atoms with Crippen LogP contribution in [0.15, 0.2) is 0 Å². The lowest BCUT2D eigenvalue weighted by molar-refractivity contribution is 0.135. The van der Waals surface area contributed by atoms with Crippen LogP contribution in [-0.2, 0) is 0 Å². The summed E-state index contributed by atoms with van der Waals surface area (Å²) < 4.78 is 0. The van der Waals surface area contributed by atoms with Gasteiger partial charge >= 0.3 is 0 Å². The first-order valence-electron chi connectivity index (χ1n) is 6.86. The van der Waals surface area contributed by atoms with Gasteiger partial charge in [0.15, 0.2) is 0 Å². The van der Waals surface area contributed by atoms with Gasteiger partial charge in [-0.2, -0.15) is 0 Å². The maximum Gasteiger partial charge on any atom is 0.0220 e. The van der Waals surface area contributed by atoms with Crippen molar-refractivity contribution in [2.75, 3.05) is 13.1 Å². The number of hydrogen-bond acceptors (Lipinski definition) is 2. The maximum atomic E-state index is 3.62. The molecular formula is C14H32N2. The van der Waals surface area contributed by atoms with Crippen molar-refractivity contribution in [2.45, 2.75) is 78.9 Å². The van der Waals surface area contributed by atoms with Crippen LogP contribution < -0.4 is 5.32 Å². The molecule has 0 aromatic rings. The summed E-state index contributed by atoms with van der Waals surface area (Å²) >= 11 is 0. The maximum absolute atomic E-state index is 3.62. The molecule has 0 saturated heterocycles. The van der Waals surface area contributed by atoms with E-state index >= 15 is 0 Å². The van der Waals surface area contributed by atoms with E-state index in [0.29, 0.717) is 12.1 Å². The van der Waals surface area contributed by atoms with Crippen LogP contribution in [0, 0.1) is 0 Å². The Kier molecular flexibility index (Phi) is 7.25. The molecule has 0 aromatic heterocycles. The minimum atomic E-state index is 0.224. The molecule has 0 bridgehead atoms. The molecule has 2 unspecified atom stereocenters. The van der Waals surface area contributed by atoms with Crippen molar-refractivity contribution in [3.05, 3.63) is 0 Å². The lowest BCUT2D eigenvalue weighted by Gasteiger charge is -2.36. The smallest absolute Gasteiger partial charge is 0.0220 e. The van der Waals surface area contributed by atoms with Crippen molar-refractivity contribution in [3.63, 3.8) is 0 Å². The van der Waals surface area contributed by atoms with Crippen LogP contribution in [0.1, 0.15) is 61.3 Å².